The molecule has 0 aliphatic rings. The van der Waals surface area contributed by atoms with Gasteiger partial charge < -0.3 is 9.94 Å². The molecule has 16 heavy (non-hydrogen) atoms. The van der Waals surface area contributed by atoms with Crippen LogP contribution in [0.25, 0.3) is 0 Å². The number of ether oxygens (including phenoxy) is 1. The van der Waals surface area contributed by atoms with Gasteiger partial charge >= 0.3 is 0 Å². The van der Waals surface area contributed by atoms with E-state index < -0.39 is 10.0 Å². The lowest BCUT2D eigenvalue weighted by Gasteiger charge is -2.21. The van der Waals surface area contributed by atoms with E-state index in [4.69, 9.17) is 9.94 Å². The second-order valence-corrected chi connectivity index (χ2v) is 5.94. The minimum Gasteiger partial charge on any atom is -0.488 e. The van der Waals surface area contributed by atoms with Gasteiger partial charge in [-0.25, -0.2) is 8.42 Å². The van der Waals surface area contributed by atoms with E-state index in [1.54, 1.807) is 0 Å². The molecule has 0 aliphatic heterocycles. The summed E-state index contributed by atoms with van der Waals surface area (Å²) in [7, 11) is -3.81. The van der Waals surface area contributed by atoms with E-state index in [9.17, 15) is 8.42 Å². The fourth-order valence-electron chi connectivity index (χ4n) is 1.09. The van der Waals surface area contributed by atoms with Gasteiger partial charge in [0.2, 0.25) is 0 Å². The maximum Gasteiger partial charge on any atom is 0.262 e. The summed E-state index contributed by atoms with van der Waals surface area (Å²) in [4.78, 5) is 1.24. The first kappa shape index (κ1) is 13.0. The topological polar surface area (TPSA) is 75.6 Å². The Bertz CT molecular complexity index is 445. The summed E-state index contributed by atoms with van der Waals surface area (Å²) >= 11 is 0. The molecule has 6 heteroatoms. The average molecular weight is 245 g/mol. The van der Waals surface area contributed by atoms with Crippen molar-refractivity contribution in [1.82, 2.24) is 4.89 Å². The zero-order valence-corrected chi connectivity index (χ0v) is 10.2. The zero-order valence-electron chi connectivity index (χ0n) is 9.39. The fraction of sp³-hybridized carbons (Fsp3) is 0.400. The molecule has 0 saturated heterocycles. The van der Waals surface area contributed by atoms with Gasteiger partial charge in [-0.1, -0.05) is 4.89 Å². The predicted octanol–water partition coefficient (Wildman–Crippen LogP) is 1.53. The third-order valence-electron chi connectivity index (χ3n) is 1.68. The van der Waals surface area contributed by atoms with Gasteiger partial charge in [0.25, 0.3) is 10.0 Å². The maximum atomic E-state index is 11.2. The van der Waals surface area contributed by atoms with Crippen LogP contribution >= 0.6 is 0 Å². The van der Waals surface area contributed by atoms with Gasteiger partial charge in [0, 0.05) is 0 Å². The maximum absolute atomic E-state index is 11.2. The second kappa shape index (κ2) is 4.40. The summed E-state index contributed by atoms with van der Waals surface area (Å²) in [5, 5.41) is 8.43. The quantitative estimate of drug-likeness (QED) is 0.792. The van der Waals surface area contributed by atoms with E-state index in [2.05, 4.69) is 0 Å². The molecule has 0 saturated carbocycles. The fourth-order valence-corrected chi connectivity index (χ4v) is 1.69. The van der Waals surface area contributed by atoms with Crippen LogP contribution in [-0.4, -0.2) is 19.2 Å². The van der Waals surface area contributed by atoms with Crippen LogP contribution in [0.4, 0.5) is 0 Å². The smallest absolute Gasteiger partial charge is 0.262 e. The summed E-state index contributed by atoms with van der Waals surface area (Å²) < 4.78 is 27.9. The van der Waals surface area contributed by atoms with Crippen LogP contribution in [0.5, 0.6) is 5.75 Å². The van der Waals surface area contributed by atoms with Crippen LogP contribution < -0.4 is 9.62 Å². The minimum absolute atomic E-state index is 0.0174. The number of hydrogen-bond donors (Lipinski definition) is 2. The van der Waals surface area contributed by atoms with Crippen molar-refractivity contribution >= 4 is 10.0 Å². The van der Waals surface area contributed by atoms with Crippen molar-refractivity contribution in [1.29, 1.82) is 0 Å². The van der Waals surface area contributed by atoms with Crippen molar-refractivity contribution in [2.45, 2.75) is 31.3 Å². The summed E-state index contributed by atoms with van der Waals surface area (Å²) in [5.41, 5.74) is -0.338. The highest BCUT2D eigenvalue weighted by atomic mass is 32.2. The SMILES string of the molecule is CC(C)(C)Oc1ccc(S(=O)(=O)NO)cc1. The van der Waals surface area contributed by atoms with Crippen LogP contribution in [-0.2, 0) is 10.0 Å². The summed E-state index contributed by atoms with van der Waals surface area (Å²) in [6, 6.07) is 5.80. The number of rotatable bonds is 3. The van der Waals surface area contributed by atoms with Gasteiger partial charge in [-0.2, -0.15) is 0 Å². The van der Waals surface area contributed by atoms with Crippen LogP contribution in [0.15, 0.2) is 29.2 Å². The van der Waals surface area contributed by atoms with E-state index in [-0.39, 0.29) is 10.5 Å². The van der Waals surface area contributed by atoms with E-state index in [0.717, 1.165) is 0 Å². The molecule has 90 valence electrons. The summed E-state index contributed by atoms with van der Waals surface area (Å²) in [6.07, 6.45) is 0. The largest absolute Gasteiger partial charge is 0.488 e. The van der Waals surface area contributed by atoms with Crippen molar-refractivity contribution in [3.8, 4) is 5.75 Å². The monoisotopic (exact) mass is 245 g/mol. The van der Waals surface area contributed by atoms with Crippen molar-refractivity contribution in [2.75, 3.05) is 0 Å². The molecule has 1 aromatic carbocycles. The lowest BCUT2D eigenvalue weighted by molar-refractivity contribution is 0.131. The van der Waals surface area contributed by atoms with Crippen molar-refractivity contribution in [3.63, 3.8) is 0 Å². The highest BCUT2D eigenvalue weighted by Crippen LogP contribution is 2.20. The molecule has 0 aromatic heterocycles. The van der Waals surface area contributed by atoms with Gasteiger partial charge in [0.15, 0.2) is 0 Å². The van der Waals surface area contributed by atoms with E-state index >= 15 is 0 Å². The standard InChI is InChI=1S/C10H15NO4S/c1-10(2,3)15-8-4-6-9(7-5-8)16(13,14)11-12/h4-7,11-12H,1-3H3. The Morgan fingerprint density at radius 2 is 1.69 bits per heavy atom. The van der Waals surface area contributed by atoms with Crippen LogP contribution in [0.3, 0.4) is 0 Å². The average Bonchev–Trinajstić information content (AvgIpc) is 2.16. The molecule has 0 radical (unpaired) electrons. The Morgan fingerprint density at radius 1 is 1.19 bits per heavy atom. The molecule has 0 spiro atoms. The molecule has 0 fully saturated rings. The predicted molar refractivity (Wildman–Crippen MR) is 58.9 cm³/mol. The molecule has 2 N–H and O–H groups in total. The normalized spacial score (nSPS) is 12.5. The molecule has 0 bridgehead atoms. The molecule has 0 aliphatic carbocycles. The number of sulfonamides is 1. The summed E-state index contributed by atoms with van der Waals surface area (Å²) in [6.45, 7) is 5.69. The molecule has 0 unspecified atom stereocenters. The van der Waals surface area contributed by atoms with Gasteiger partial charge in [0.1, 0.15) is 11.4 Å². The zero-order chi connectivity index (χ0) is 12.4. The van der Waals surface area contributed by atoms with Gasteiger partial charge in [-0.15, -0.1) is 0 Å². The molecule has 5 nitrogen and oxygen atoms in total. The van der Waals surface area contributed by atoms with Crippen LogP contribution in [0, 0.1) is 0 Å². The molecule has 1 aromatic rings. The van der Waals surface area contributed by atoms with E-state index in [1.165, 1.54) is 29.2 Å². The Labute approximate surface area is 95.1 Å². The van der Waals surface area contributed by atoms with Gasteiger partial charge in [-0.05, 0) is 45.0 Å². The first-order valence-electron chi connectivity index (χ1n) is 4.69. The van der Waals surface area contributed by atoms with Crippen LogP contribution in [0.1, 0.15) is 20.8 Å². The minimum atomic E-state index is -3.81. The number of nitrogens with one attached hydrogen (secondary N) is 1. The van der Waals surface area contributed by atoms with Crippen molar-refractivity contribution in [3.05, 3.63) is 24.3 Å². The summed E-state index contributed by atoms with van der Waals surface area (Å²) in [5.74, 6) is 0.574. The number of benzene rings is 1. The highest BCUT2D eigenvalue weighted by Gasteiger charge is 2.14. The molecular weight excluding hydrogens is 230 g/mol. The van der Waals surface area contributed by atoms with E-state index in [1.807, 2.05) is 20.8 Å². The lowest BCUT2D eigenvalue weighted by atomic mass is 10.2. The van der Waals surface area contributed by atoms with E-state index in [0.29, 0.717) is 5.75 Å². The Hall–Kier alpha value is -1.11. The Morgan fingerprint density at radius 3 is 2.06 bits per heavy atom. The third kappa shape index (κ3) is 3.48. The first-order chi connectivity index (χ1) is 7.24. The first-order valence-corrected chi connectivity index (χ1v) is 6.18. The third-order valence-corrected chi connectivity index (χ3v) is 2.81. The second-order valence-electron chi connectivity index (χ2n) is 4.28. The van der Waals surface area contributed by atoms with Crippen LogP contribution in [0.2, 0.25) is 0 Å². The van der Waals surface area contributed by atoms with Gasteiger partial charge in [-0.3, -0.25) is 0 Å². The lowest BCUT2D eigenvalue weighted by Crippen LogP contribution is -2.23. The number of hydrogen-bond acceptors (Lipinski definition) is 4. The molecule has 0 atom stereocenters. The highest BCUT2D eigenvalue weighted by molar-refractivity contribution is 7.89. The molecule has 0 heterocycles. The van der Waals surface area contributed by atoms with Crippen molar-refractivity contribution in [2.24, 2.45) is 0 Å². The Balaban J connectivity index is 2.93. The molecular formula is C10H15NO4S. The van der Waals surface area contributed by atoms with Crippen molar-refractivity contribution < 1.29 is 18.4 Å². The molecule has 0 amide bonds. The molecule has 1 rings (SSSR count). The Kier molecular flexibility index (Phi) is 3.57. The van der Waals surface area contributed by atoms with Gasteiger partial charge in [0.05, 0.1) is 4.90 Å².